The van der Waals surface area contributed by atoms with E-state index < -0.39 is 24.4 Å². The van der Waals surface area contributed by atoms with Gasteiger partial charge in [-0.3, -0.25) is 14.4 Å². The largest absolute Gasteiger partial charge is 0.497 e. The number of amides is 2. The van der Waals surface area contributed by atoms with Gasteiger partial charge in [0.2, 0.25) is 6.79 Å². The van der Waals surface area contributed by atoms with Gasteiger partial charge in [-0.15, -0.1) is 0 Å². The van der Waals surface area contributed by atoms with Gasteiger partial charge in [0.1, 0.15) is 12.3 Å². The van der Waals surface area contributed by atoms with Gasteiger partial charge in [-0.05, 0) is 42.3 Å². The maximum atomic E-state index is 12.1. The molecule has 0 aromatic heterocycles. The van der Waals surface area contributed by atoms with Gasteiger partial charge in [-0.2, -0.15) is 0 Å². The van der Waals surface area contributed by atoms with E-state index in [1.165, 1.54) is 6.07 Å². The first-order valence-corrected chi connectivity index (χ1v) is 9.28. The molecule has 2 aromatic rings. The molecule has 0 bridgehead atoms. The zero-order valence-electron chi connectivity index (χ0n) is 16.4. The number of nitrogens with one attached hydrogen (secondary N) is 2. The zero-order chi connectivity index (χ0) is 21.3. The fourth-order valence-electron chi connectivity index (χ4n) is 2.68. The lowest BCUT2D eigenvalue weighted by Crippen LogP contribution is -2.34. The Morgan fingerprint density at radius 2 is 1.77 bits per heavy atom. The van der Waals surface area contributed by atoms with E-state index in [2.05, 4.69) is 10.6 Å². The number of carbonyl (C=O) groups is 3. The summed E-state index contributed by atoms with van der Waals surface area (Å²) >= 11 is 0. The van der Waals surface area contributed by atoms with E-state index in [0.717, 1.165) is 11.3 Å². The van der Waals surface area contributed by atoms with Crippen LogP contribution in [0, 0.1) is 0 Å². The topological polar surface area (TPSA) is 112 Å². The van der Waals surface area contributed by atoms with Crippen LogP contribution in [0.5, 0.6) is 17.2 Å². The molecule has 0 atom stereocenters. The van der Waals surface area contributed by atoms with Crippen molar-refractivity contribution in [2.45, 2.75) is 6.42 Å². The van der Waals surface area contributed by atoms with Gasteiger partial charge in [-0.25, -0.2) is 0 Å². The Kier molecular flexibility index (Phi) is 7.09. The van der Waals surface area contributed by atoms with Crippen LogP contribution in [0.2, 0.25) is 0 Å². The molecular weight excluding hydrogens is 392 g/mol. The highest BCUT2D eigenvalue weighted by Gasteiger charge is 2.17. The molecule has 0 fully saturated rings. The van der Waals surface area contributed by atoms with Crippen LogP contribution in [-0.4, -0.2) is 51.4 Å². The molecule has 9 nitrogen and oxygen atoms in total. The standard InChI is InChI=1S/C21H22N2O7/c1-27-16-5-2-14(3-6-16)8-9-22-19(24)12-28-20(25)11-23-21(26)15-4-7-17-18(10-15)30-13-29-17/h2-7,10H,8-9,11-13H2,1H3,(H,22,24)(H,23,26). The first kappa shape index (κ1) is 21.0. The van der Waals surface area contributed by atoms with Crippen LogP contribution in [0.25, 0.3) is 0 Å². The first-order valence-electron chi connectivity index (χ1n) is 9.28. The molecular formula is C21H22N2O7. The summed E-state index contributed by atoms with van der Waals surface area (Å²) in [6.07, 6.45) is 0.634. The zero-order valence-corrected chi connectivity index (χ0v) is 16.4. The predicted molar refractivity (Wildman–Crippen MR) is 106 cm³/mol. The lowest BCUT2D eigenvalue weighted by atomic mass is 10.1. The summed E-state index contributed by atoms with van der Waals surface area (Å²) in [6, 6.07) is 12.2. The van der Waals surface area contributed by atoms with Gasteiger partial charge in [-0.1, -0.05) is 12.1 Å². The second-order valence-corrected chi connectivity index (χ2v) is 6.36. The fourth-order valence-corrected chi connectivity index (χ4v) is 2.68. The molecule has 2 amide bonds. The van der Waals surface area contributed by atoms with Crippen molar-refractivity contribution in [1.29, 1.82) is 0 Å². The Labute approximate surface area is 173 Å². The lowest BCUT2D eigenvalue weighted by Gasteiger charge is -2.08. The smallest absolute Gasteiger partial charge is 0.325 e. The number of carbonyl (C=O) groups excluding carboxylic acids is 3. The average molecular weight is 414 g/mol. The molecule has 0 saturated carbocycles. The van der Waals surface area contributed by atoms with Gasteiger partial charge < -0.3 is 29.6 Å². The van der Waals surface area contributed by atoms with E-state index in [-0.39, 0.29) is 13.3 Å². The highest BCUT2D eigenvalue weighted by atomic mass is 16.7. The van der Waals surface area contributed by atoms with Crippen molar-refractivity contribution in [1.82, 2.24) is 10.6 Å². The summed E-state index contributed by atoms with van der Waals surface area (Å²) in [5, 5.41) is 5.11. The van der Waals surface area contributed by atoms with Crippen LogP contribution in [0.1, 0.15) is 15.9 Å². The number of hydrogen-bond donors (Lipinski definition) is 2. The SMILES string of the molecule is COc1ccc(CCNC(=O)COC(=O)CNC(=O)c2ccc3c(c2)OCO3)cc1. The van der Waals surface area contributed by atoms with Gasteiger partial charge in [0.15, 0.2) is 18.1 Å². The Morgan fingerprint density at radius 1 is 1.00 bits per heavy atom. The molecule has 1 aliphatic heterocycles. The third-order valence-corrected chi connectivity index (χ3v) is 4.29. The van der Waals surface area contributed by atoms with E-state index >= 15 is 0 Å². The summed E-state index contributed by atoms with van der Waals surface area (Å²) < 4.78 is 20.3. The second-order valence-electron chi connectivity index (χ2n) is 6.36. The van der Waals surface area contributed by atoms with Crippen LogP contribution >= 0.6 is 0 Å². The van der Waals surface area contributed by atoms with Crippen molar-refractivity contribution in [2.24, 2.45) is 0 Å². The number of rotatable bonds is 9. The minimum atomic E-state index is -0.714. The van der Waals surface area contributed by atoms with Crippen LogP contribution < -0.4 is 24.8 Å². The van der Waals surface area contributed by atoms with Gasteiger partial charge in [0.05, 0.1) is 7.11 Å². The Balaban J connectivity index is 1.31. The van der Waals surface area contributed by atoms with Crippen molar-refractivity contribution < 1.29 is 33.3 Å². The molecule has 1 aliphatic rings. The van der Waals surface area contributed by atoms with Crippen molar-refractivity contribution in [3.05, 3.63) is 53.6 Å². The highest BCUT2D eigenvalue weighted by molar-refractivity contribution is 5.96. The maximum absolute atomic E-state index is 12.1. The summed E-state index contributed by atoms with van der Waals surface area (Å²) in [4.78, 5) is 35.6. The van der Waals surface area contributed by atoms with Crippen LogP contribution in [0.4, 0.5) is 0 Å². The molecule has 2 N–H and O–H groups in total. The molecule has 0 saturated heterocycles. The van der Waals surface area contributed by atoms with E-state index in [4.69, 9.17) is 18.9 Å². The fraction of sp³-hybridized carbons (Fsp3) is 0.286. The minimum absolute atomic E-state index is 0.106. The quantitative estimate of drug-likeness (QED) is 0.590. The molecule has 3 rings (SSSR count). The third kappa shape index (κ3) is 5.87. The molecule has 0 aliphatic carbocycles. The average Bonchev–Trinajstić information content (AvgIpc) is 3.24. The summed E-state index contributed by atoms with van der Waals surface area (Å²) in [7, 11) is 1.60. The number of benzene rings is 2. The van der Waals surface area contributed by atoms with Gasteiger partial charge >= 0.3 is 5.97 Å². The molecule has 9 heteroatoms. The Bertz CT molecular complexity index is 912. The number of esters is 1. The highest BCUT2D eigenvalue weighted by Crippen LogP contribution is 2.32. The normalized spacial score (nSPS) is 11.5. The van der Waals surface area contributed by atoms with Crippen molar-refractivity contribution in [3.63, 3.8) is 0 Å². The van der Waals surface area contributed by atoms with E-state index in [1.807, 2.05) is 24.3 Å². The van der Waals surface area contributed by atoms with E-state index in [0.29, 0.717) is 30.0 Å². The van der Waals surface area contributed by atoms with Crippen LogP contribution in [-0.2, 0) is 20.7 Å². The number of ether oxygens (including phenoxy) is 4. The summed E-state index contributed by atoms with van der Waals surface area (Å²) in [5.74, 6) is 0.198. The predicted octanol–water partition coefficient (Wildman–Crippen LogP) is 1.06. The molecule has 158 valence electrons. The molecule has 30 heavy (non-hydrogen) atoms. The Hall–Kier alpha value is -3.75. The van der Waals surface area contributed by atoms with Crippen molar-refractivity contribution in [2.75, 3.05) is 33.6 Å². The first-order chi connectivity index (χ1) is 14.5. The number of methoxy groups -OCH3 is 1. The molecule has 0 unspecified atom stereocenters. The summed E-state index contributed by atoms with van der Waals surface area (Å²) in [5.41, 5.74) is 1.36. The van der Waals surface area contributed by atoms with Crippen LogP contribution in [0.15, 0.2) is 42.5 Å². The maximum Gasteiger partial charge on any atom is 0.325 e. The van der Waals surface area contributed by atoms with E-state index in [1.54, 1.807) is 19.2 Å². The van der Waals surface area contributed by atoms with Crippen molar-refractivity contribution in [3.8, 4) is 17.2 Å². The second kappa shape index (κ2) is 10.1. The monoisotopic (exact) mass is 414 g/mol. The van der Waals surface area contributed by atoms with Gasteiger partial charge in [0.25, 0.3) is 11.8 Å². The van der Waals surface area contributed by atoms with Crippen LogP contribution in [0.3, 0.4) is 0 Å². The molecule has 0 radical (unpaired) electrons. The summed E-state index contributed by atoms with van der Waals surface area (Å²) in [6.45, 7) is -0.258. The Morgan fingerprint density at radius 3 is 2.53 bits per heavy atom. The van der Waals surface area contributed by atoms with Gasteiger partial charge in [0, 0.05) is 12.1 Å². The molecule has 0 spiro atoms. The number of hydrogen-bond acceptors (Lipinski definition) is 7. The molecule has 2 aromatic carbocycles. The lowest BCUT2D eigenvalue weighted by molar-refractivity contribution is -0.147. The minimum Gasteiger partial charge on any atom is -0.497 e. The van der Waals surface area contributed by atoms with Crippen molar-refractivity contribution >= 4 is 17.8 Å². The van der Waals surface area contributed by atoms with E-state index in [9.17, 15) is 14.4 Å². The third-order valence-electron chi connectivity index (χ3n) is 4.29. The number of fused-ring (bicyclic) bond motifs is 1. The molecule has 1 heterocycles.